The summed E-state index contributed by atoms with van der Waals surface area (Å²) in [5, 5.41) is 0. The summed E-state index contributed by atoms with van der Waals surface area (Å²) in [5.74, 6) is 0. The minimum Gasteiger partial charge on any atom is -0.396 e. The molecule has 0 aromatic carbocycles. The summed E-state index contributed by atoms with van der Waals surface area (Å²) in [7, 11) is 2.06. The fraction of sp³-hybridized carbons (Fsp3) is 0.545. The highest BCUT2D eigenvalue weighted by molar-refractivity contribution is 9.10. The average molecular weight is 272 g/mol. The van der Waals surface area contributed by atoms with Crippen LogP contribution in [-0.2, 0) is 0 Å². The summed E-state index contributed by atoms with van der Waals surface area (Å²) in [6, 6.07) is 0. The van der Waals surface area contributed by atoms with Crippen LogP contribution in [0.15, 0.2) is 16.9 Å². The Morgan fingerprint density at radius 3 is 2.53 bits per heavy atom. The van der Waals surface area contributed by atoms with Crippen LogP contribution in [0, 0.1) is 0 Å². The molecule has 84 valence electrons. The Kier molecular flexibility index (Phi) is 3.60. The van der Waals surface area contributed by atoms with Crippen molar-refractivity contribution in [3.8, 4) is 0 Å². The summed E-state index contributed by atoms with van der Waals surface area (Å²) in [4.78, 5) is 6.22. The van der Waals surface area contributed by atoms with Crippen LogP contribution >= 0.6 is 15.9 Å². The molecule has 0 fully saturated rings. The maximum Gasteiger partial charge on any atom is 0.0777 e. The van der Waals surface area contributed by atoms with E-state index in [-0.39, 0.29) is 5.54 Å². The lowest BCUT2D eigenvalue weighted by Gasteiger charge is -2.37. The fourth-order valence-corrected chi connectivity index (χ4v) is 1.95. The second-order valence-corrected chi connectivity index (χ2v) is 5.14. The van der Waals surface area contributed by atoms with Crippen LogP contribution < -0.4 is 10.6 Å². The standard InChI is InChI=1S/C11H18BrN3/c1-5-11(2,3)15(4)10-8(12)6-14-7-9(10)13/h6-7H,5,13H2,1-4H3. The summed E-state index contributed by atoms with van der Waals surface area (Å²) >= 11 is 3.49. The number of nitrogens with two attached hydrogens (primary N) is 1. The number of anilines is 2. The van der Waals surface area contributed by atoms with Crippen molar-refractivity contribution in [2.24, 2.45) is 0 Å². The number of hydrogen-bond acceptors (Lipinski definition) is 3. The van der Waals surface area contributed by atoms with Gasteiger partial charge in [0.1, 0.15) is 0 Å². The van der Waals surface area contributed by atoms with E-state index in [0.29, 0.717) is 5.69 Å². The highest BCUT2D eigenvalue weighted by atomic mass is 79.9. The van der Waals surface area contributed by atoms with E-state index in [1.807, 2.05) is 0 Å². The van der Waals surface area contributed by atoms with E-state index >= 15 is 0 Å². The van der Waals surface area contributed by atoms with E-state index in [4.69, 9.17) is 5.73 Å². The zero-order chi connectivity index (χ0) is 11.6. The van der Waals surface area contributed by atoms with Crippen molar-refractivity contribution in [2.75, 3.05) is 17.7 Å². The molecule has 0 unspecified atom stereocenters. The summed E-state index contributed by atoms with van der Waals surface area (Å²) in [5.41, 5.74) is 7.73. The molecule has 0 saturated heterocycles. The lowest BCUT2D eigenvalue weighted by atomic mass is 9.99. The SMILES string of the molecule is CCC(C)(C)N(C)c1c(N)cncc1Br. The van der Waals surface area contributed by atoms with Crippen molar-refractivity contribution in [1.82, 2.24) is 4.98 Å². The highest BCUT2D eigenvalue weighted by Crippen LogP contribution is 2.35. The van der Waals surface area contributed by atoms with Gasteiger partial charge in [-0.25, -0.2) is 0 Å². The van der Waals surface area contributed by atoms with Crippen molar-refractivity contribution in [3.63, 3.8) is 0 Å². The number of aromatic nitrogens is 1. The van der Waals surface area contributed by atoms with Crippen molar-refractivity contribution in [1.29, 1.82) is 0 Å². The zero-order valence-corrected chi connectivity index (χ0v) is 11.3. The number of pyridine rings is 1. The predicted molar refractivity (Wildman–Crippen MR) is 69.1 cm³/mol. The van der Waals surface area contributed by atoms with E-state index in [0.717, 1.165) is 16.6 Å². The van der Waals surface area contributed by atoms with Crippen molar-refractivity contribution >= 4 is 27.3 Å². The topological polar surface area (TPSA) is 42.1 Å². The number of hydrogen-bond donors (Lipinski definition) is 1. The van der Waals surface area contributed by atoms with E-state index in [9.17, 15) is 0 Å². The molecule has 2 N–H and O–H groups in total. The molecule has 0 aliphatic carbocycles. The van der Waals surface area contributed by atoms with Gasteiger partial charge in [-0.2, -0.15) is 0 Å². The first-order chi connectivity index (χ1) is 6.90. The lowest BCUT2D eigenvalue weighted by molar-refractivity contribution is 0.470. The number of nitrogens with zero attached hydrogens (tertiary/aromatic N) is 2. The number of rotatable bonds is 3. The highest BCUT2D eigenvalue weighted by Gasteiger charge is 2.24. The maximum atomic E-state index is 5.94. The average Bonchev–Trinajstić information content (AvgIpc) is 2.17. The van der Waals surface area contributed by atoms with Gasteiger partial charge in [-0.3, -0.25) is 4.98 Å². The maximum absolute atomic E-state index is 5.94. The monoisotopic (exact) mass is 271 g/mol. The van der Waals surface area contributed by atoms with Gasteiger partial charge < -0.3 is 10.6 Å². The van der Waals surface area contributed by atoms with Gasteiger partial charge >= 0.3 is 0 Å². The number of halogens is 1. The molecule has 0 spiro atoms. The molecule has 0 bridgehead atoms. The Bertz CT molecular complexity index is 329. The molecule has 15 heavy (non-hydrogen) atoms. The third kappa shape index (κ3) is 2.43. The second kappa shape index (κ2) is 4.39. The summed E-state index contributed by atoms with van der Waals surface area (Å²) in [6.07, 6.45) is 4.51. The minimum absolute atomic E-state index is 0.0813. The van der Waals surface area contributed by atoms with Crippen molar-refractivity contribution < 1.29 is 0 Å². The first-order valence-electron chi connectivity index (χ1n) is 5.03. The molecule has 1 aromatic heterocycles. The van der Waals surface area contributed by atoms with Gasteiger partial charge in [-0.15, -0.1) is 0 Å². The van der Waals surface area contributed by atoms with Gasteiger partial charge in [0, 0.05) is 18.8 Å². The van der Waals surface area contributed by atoms with Crippen molar-refractivity contribution in [2.45, 2.75) is 32.7 Å². The van der Waals surface area contributed by atoms with Crippen LogP contribution in [0.1, 0.15) is 27.2 Å². The molecule has 0 saturated carbocycles. The third-order valence-electron chi connectivity index (χ3n) is 3.01. The van der Waals surface area contributed by atoms with Crippen LogP contribution in [0.4, 0.5) is 11.4 Å². The second-order valence-electron chi connectivity index (χ2n) is 4.28. The van der Waals surface area contributed by atoms with Gasteiger partial charge in [0.05, 0.1) is 22.0 Å². The normalized spacial score (nSPS) is 11.5. The predicted octanol–water partition coefficient (Wildman–Crippen LogP) is 3.05. The first-order valence-corrected chi connectivity index (χ1v) is 5.82. The van der Waals surface area contributed by atoms with E-state index in [1.54, 1.807) is 12.4 Å². The quantitative estimate of drug-likeness (QED) is 0.919. The van der Waals surface area contributed by atoms with Gasteiger partial charge in [-0.05, 0) is 36.2 Å². The molecule has 3 nitrogen and oxygen atoms in total. The zero-order valence-electron chi connectivity index (χ0n) is 9.71. The molecule has 0 amide bonds. The first kappa shape index (κ1) is 12.3. The van der Waals surface area contributed by atoms with E-state index in [2.05, 4.69) is 53.6 Å². The summed E-state index contributed by atoms with van der Waals surface area (Å²) in [6.45, 7) is 6.56. The van der Waals surface area contributed by atoms with Gasteiger partial charge in [0.15, 0.2) is 0 Å². The molecule has 1 aromatic rings. The third-order valence-corrected chi connectivity index (χ3v) is 3.59. The van der Waals surface area contributed by atoms with Crippen molar-refractivity contribution in [3.05, 3.63) is 16.9 Å². The molecule has 0 radical (unpaired) electrons. The molecule has 0 aliphatic heterocycles. The Balaban J connectivity index is 3.16. The molecule has 0 aliphatic rings. The van der Waals surface area contributed by atoms with Gasteiger partial charge in [-0.1, -0.05) is 6.92 Å². The molecule has 4 heteroatoms. The van der Waals surface area contributed by atoms with Gasteiger partial charge in [0.2, 0.25) is 0 Å². The largest absolute Gasteiger partial charge is 0.396 e. The summed E-state index contributed by atoms with van der Waals surface area (Å²) < 4.78 is 0.937. The van der Waals surface area contributed by atoms with Gasteiger partial charge in [0.25, 0.3) is 0 Å². The molecular formula is C11H18BrN3. The van der Waals surface area contributed by atoms with E-state index in [1.165, 1.54) is 0 Å². The molecule has 1 rings (SSSR count). The van der Waals surface area contributed by atoms with Crippen LogP contribution in [0.2, 0.25) is 0 Å². The van der Waals surface area contributed by atoms with E-state index < -0.39 is 0 Å². The van der Waals surface area contributed by atoms with Crippen LogP contribution in [-0.4, -0.2) is 17.6 Å². The number of nitrogen functional groups attached to an aromatic ring is 1. The Morgan fingerprint density at radius 1 is 1.47 bits per heavy atom. The minimum atomic E-state index is 0.0813. The Labute approximate surface area is 99.8 Å². The molecule has 0 atom stereocenters. The van der Waals surface area contributed by atoms with Crippen LogP contribution in [0.3, 0.4) is 0 Å². The molecule has 1 heterocycles. The Hall–Kier alpha value is -0.770. The lowest BCUT2D eigenvalue weighted by Crippen LogP contribution is -2.41. The Morgan fingerprint density at radius 2 is 2.07 bits per heavy atom. The fourth-order valence-electron chi connectivity index (χ4n) is 1.34. The smallest absolute Gasteiger partial charge is 0.0777 e. The van der Waals surface area contributed by atoms with Crippen LogP contribution in [0.5, 0.6) is 0 Å². The van der Waals surface area contributed by atoms with Crippen LogP contribution in [0.25, 0.3) is 0 Å². The molecular weight excluding hydrogens is 254 g/mol.